The van der Waals surface area contributed by atoms with Gasteiger partial charge in [-0.05, 0) is 31.2 Å². The lowest BCUT2D eigenvalue weighted by atomic mass is 10.1. The summed E-state index contributed by atoms with van der Waals surface area (Å²) in [5, 5.41) is 0. The van der Waals surface area contributed by atoms with Crippen molar-refractivity contribution in [2.45, 2.75) is 24.0 Å². The Labute approximate surface area is 152 Å². The van der Waals surface area contributed by atoms with Crippen LogP contribution in [0.15, 0.2) is 52.0 Å². The molecule has 2 aliphatic rings. The average molecular weight is 376 g/mol. The highest BCUT2D eigenvalue weighted by atomic mass is 32.2. The maximum Gasteiger partial charge on any atom is 0.290 e. The molecule has 2 fully saturated rings. The summed E-state index contributed by atoms with van der Waals surface area (Å²) in [4.78, 5) is 14.6. The second-order valence-corrected chi connectivity index (χ2v) is 8.53. The fourth-order valence-electron chi connectivity index (χ4n) is 3.50. The van der Waals surface area contributed by atoms with Gasteiger partial charge in [0.05, 0.1) is 29.9 Å². The molecule has 0 radical (unpaired) electrons. The molecule has 1 amide bonds. The second kappa shape index (κ2) is 6.53. The van der Waals surface area contributed by atoms with Crippen molar-refractivity contribution in [3.63, 3.8) is 0 Å². The van der Waals surface area contributed by atoms with E-state index < -0.39 is 10.0 Å². The highest BCUT2D eigenvalue weighted by Crippen LogP contribution is 2.29. The summed E-state index contributed by atoms with van der Waals surface area (Å²) in [6.07, 6.45) is 1.12. The van der Waals surface area contributed by atoms with Crippen LogP contribution in [0.1, 0.15) is 16.1 Å². The first-order valence-electron chi connectivity index (χ1n) is 8.50. The van der Waals surface area contributed by atoms with Gasteiger partial charge in [-0.2, -0.15) is 4.31 Å². The Balaban J connectivity index is 1.57. The fourth-order valence-corrected chi connectivity index (χ4v) is 4.97. The molecule has 1 aromatic carbocycles. The Hall–Kier alpha value is -2.16. The Morgan fingerprint density at radius 1 is 1.15 bits per heavy atom. The van der Waals surface area contributed by atoms with Crippen molar-refractivity contribution >= 4 is 15.9 Å². The van der Waals surface area contributed by atoms with E-state index in [1.54, 1.807) is 41.3 Å². The van der Waals surface area contributed by atoms with Crippen LogP contribution in [0.5, 0.6) is 0 Å². The number of hydrogen-bond donors (Lipinski definition) is 0. The Morgan fingerprint density at radius 2 is 1.92 bits per heavy atom. The molecule has 3 heterocycles. The molecule has 138 valence electrons. The number of aryl methyl sites for hydroxylation is 1. The summed E-state index contributed by atoms with van der Waals surface area (Å²) in [5.41, 5.74) is 0.998. The van der Waals surface area contributed by atoms with Gasteiger partial charge in [0.1, 0.15) is 0 Å². The molecule has 26 heavy (non-hydrogen) atoms. The van der Waals surface area contributed by atoms with Gasteiger partial charge < -0.3 is 14.1 Å². The Bertz CT molecular complexity index is 892. The molecular weight excluding hydrogens is 356 g/mol. The summed E-state index contributed by atoms with van der Waals surface area (Å²) >= 11 is 0. The SMILES string of the molecule is Cc1ccc(S(=O)(=O)N2C[C@@H]3OCCN(C(=O)c4ccco4)[C@@H]3C2)cc1. The van der Waals surface area contributed by atoms with Crippen LogP contribution in [0.25, 0.3) is 0 Å². The van der Waals surface area contributed by atoms with E-state index in [0.717, 1.165) is 5.56 Å². The van der Waals surface area contributed by atoms with Gasteiger partial charge in [-0.15, -0.1) is 0 Å². The number of nitrogens with zero attached hydrogens (tertiary/aromatic N) is 2. The molecule has 0 bridgehead atoms. The molecule has 4 rings (SSSR count). The molecule has 8 heteroatoms. The largest absolute Gasteiger partial charge is 0.459 e. The topological polar surface area (TPSA) is 80.1 Å². The number of hydrogen-bond acceptors (Lipinski definition) is 5. The number of sulfonamides is 1. The number of furan rings is 1. The molecule has 2 atom stereocenters. The molecule has 0 unspecified atom stereocenters. The zero-order valence-electron chi connectivity index (χ0n) is 14.4. The minimum atomic E-state index is -3.62. The lowest BCUT2D eigenvalue weighted by molar-refractivity contribution is -0.0376. The molecule has 0 saturated carbocycles. The van der Waals surface area contributed by atoms with Crippen LogP contribution in [0.2, 0.25) is 0 Å². The molecule has 2 saturated heterocycles. The van der Waals surface area contributed by atoms with Gasteiger partial charge in [-0.3, -0.25) is 4.79 Å². The quantitative estimate of drug-likeness (QED) is 0.811. The lowest BCUT2D eigenvalue weighted by Crippen LogP contribution is -2.53. The molecule has 2 aliphatic heterocycles. The summed E-state index contributed by atoms with van der Waals surface area (Å²) < 4.78 is 38.2. The van der Waals surface area contributed by atoms with E-state index in [1.807, 2.05) is 6.92 Å². The summed E-state index contributed by atoms with van der Waals surface area (Å²) in [5.74, 6) is 0.0216. The predicted octanol–water partition coefficient (Wildman–Crippen LogP) is 1.50. The number of amides is 1. The van der Waals surface area contributed by atoms with Gasteiger partial charge in [0, 0.05) is 19.6 Å². The van der Waals surface area contributed by atoms with Crippen LogP contribution in [-0.2, 0) is 14.8 Å². The van der Waals surface area contributed by atoms with Gasteiger partial charge in [0.2, 0.25) is 10.0 Å². The first kappa shape index (κ1) is 17.3. The Morgan fingerprint density at radius 3 is 2.62 bits per heavy atom. The number of ether oxygens (including phenoxy) is 1. The third kappa shape index (κ3) is 2.94. The van der Waals surface area contributed by atoms with E-state index in [-0.39, 0.29) is 41.8 Å². The normalized spacial score (nSPS) is 23.8. The molecule has 2 aromatic rings. The third-order valence-corrected chi connectivity index (χ3v) is 6.77. The smallest absolute Gasteiger partial charge is 0.290 e. The number of morpholine rings is 1. The average Bonchev–Trinajstić information content (AvgIpc) is 3.31. The number of fused-ring (bicyclic) bond motifs is 1. The number of rotatable bonds is 3. The second-order valence-electron chi connectivity index (χ2n) is 6.59. The monoisotopic (exact) mass is 376 g/mol. The molecule has 0 N–H and O–H groups in total. The van der Waals surface area contributed by atoms with Crippen molar-refractivity contribution in [1.29, 1.82) is 0 Å². The van der Waals surface area contributed by atoms with E-state index >= 15 is 0 Å². The van der Waals surface area contributed by atoms with E-state index in [1.165, 1.54) is 10.6 Å². The molecule has 7 nitrogen and oxygen atoms in total. The highest BCUT2D eigenvalue weighted by molar-refractivity contribution is 7.89. The van der Waals surface area contributed by atoms with E-state index in [0.29, 0.717) is 13.2 Å². The minimum absolute atomic E-state index is 0.216. The molecular formula is C18H20N2O5S. The predicted molar refractivity (Wildman–Crippen MR) is 93.2 cm³/mol. The van der Waals surface area contributed by atoms with Gasteiger partial charge >= 0.3 is 0 Å². The summed E-state index contributed by atoms with van der Waals surface area (Å²) in [6, 6.07) is 9.73. The third-order valence-electron chi connectivity index (χ3n) is 4.92. The van der Waals surface area contributed by atoms with Gasteiger partial charge in [-0.25, -0.2) is 8.42 Å². The van der Waals surface area contributed by atoms with Crippen LogP contribution in [0.4, 0.5) is 0 Å². The van der Waals surface area contributed by atoms with Crippen LogP contribution in [0, 0.1) is 6.92 Å². The lowest BCUT2D eigenvalue weighted by Gasteiger charge is -2.36. The van der Waals surface area contributed by atoms with Crippen molar-refractivity contribution in [2.24, 2.45) is 0 Å². The van der Waals surface area contributed by atoms with Gasteiger partial charge in [0.15, 0.2) is 5.76 Å². The van der Waals surface area contributed by atoms with Crippen LogP contribution >= 0.6 is 0 Å². The first-order valence-corrected chi connectivity index (χ1v) is 9.94. The number of carbonyl (C=O) groups excluding carboxylic acids is 1. The van der Waals surface area contributed by atoms with Gasteiger partial charge in [0.25, 0.3) is 5.91 Å². The zero-order chi connectivity index (χ0) is 18.3. The molecule has 0 spiro atoms. The van der Waals surface area contributed by atoms with Crippen molar-refractivity contribution in [3.8, 4) is 0 Å². The minimum Gasteiger partial charge on any atom is -0.459 e. The summed E-state index contributed by atoms with van der Waals surface area (Å²) in [7, 11) is -3.62. The molecule has 1 aromatic heterocycles. The number of benzene rings is 1. The molecule has 0 aliphatic carbocycles. The maximum absolute atomic E-state index is 12.9. The summed E-state index contributed by atoms with van der Waals surface area (Å²) in [6.45, 7) is 3.16. The van der Waals surface area contributed by atoms with Crippen LogP contribution < -0.4 is 0 Å². The van der Waals surface area contributed by atoms with Crippen molar-refractivity contribution in [3.05, 3.63) is 54.0 Å². The fraction of sp³-hybridized carbons (Fsp3) is 0.389. The maximum atomic E-state index is 12.9. The van der Waals surface area contributed by atoms with Crippen molar-refractivity contribution < 1.29 is 22.4 Å². The first-order chi connectivity index (χ1) is 12.5. The van der Waals surface area contributed by atoms with Crippen molar-refractivity contribution in [1.82, 2.24) is 9.21 Å². The van der Waals surface area contributed by atoms with Crippen LogP contribution in [0.3, 0.4) is 0 Å². The zero-order valence-corrected chi connectivity index (χ0v) is 15.2. The Kier molecular flexibility index (Phi) is 4.34. The van der Waals surface area contributed by atoms with Gasteiger partial charge in [-0.1, -0.05) is 17.7 Å². The van der Waals surface area contributed by atoms with E-state index in [4.69, 9.17) is 9.15 Å². The standard InChI is InChI=1S/C18H20N2O5S/c1-13-4-6-14(7-5-13)26(22,23)19-11-15-17(12-19)25-10-8-20(15)18(21)16-3-2-9-24-16/h2-7,9,15,17H,8,10-12H2,1H3/t15-,17+/m1/s1. The number of carbonyl (C=O) groups is 1. The van der Waals surface area contributed by atoms with Crippen molar-refractivity contribution in [2.75, 3.05) is 26.2 Å². The van der Waals surface area contributed by atoms with E-state index in [9.17, 15) is 13.2 Å². The van der Waals surface area contributed by atoms with E-state index in [2.05, 4.69) is 0 Å². The van der Waals surface area contributed by atoms with Crippen LogP contribution in [-0.4, -0.2) is 61.9 Å². The highest BCUT2D eigenvalue weighted by Gasteiger charge is 2.46.